The van der Waals surface area contributed by atoms with E-state index < -0.39 is 0 Å². The summed E-state index contributed by atoms with van der Waals surface area (Å²) in [5.74, 6) is 1.50. The highest BCUT2D eigenvalue weighted by molar-refractivity contribution is 7.71. The van der Waals surface area contributed by atoms with Crippen molar-refractivity contribution in [3.8, 4) is 5.75 Å². The highest BCUT2D eigenvalue weighted by Crippen LogP contribution is 2.15. The fraction of sp³-hybridized carbons (Fsp3) is 0.118. The molecule has 3 rings (SSSR count). The Bertz CT molecular complexity index is 898. The Balaban J connectivity index is 1.63. The molecule has 0 saturated heterocycles. The van der Waals surface area contributed by atoms with Crippen LogP contribution in [0.25, 0.3) is 0 Å². The van der Waals surface area contributed by atoms with Gasteiger partial charge in [0.2, 0.25) is 4.77 Å². The number of benzene rings is 2. The minimum absolute atomic E-state index is 0.465. The van der Waals surface area contributed by atoms with E-state index in [1.54, 1.807) is 10.9 Å². The second-order valence-corrected chi connectivity index (χ2v) is 5.94. The molecule has 0 spiro atoms. The molecule has 1 heterocycles. The zero-order valence-electron chi connectivity index (χ0n) is 12.9. The standard InChI is InChI=1S/C17H15ClN4OS/c1-12-20-21-17(24)22(12)19-10-13-4-8-16(9-5-13)23-11-14-2-6-15(18)7-3-14/h2-10H,11H2,1H3,(H,21,24)/b19-10-. The molecule has 0 atom stereocenters. The van der Waals surface area contributed by atoms with Gasteiger partial charge in [0.25, 0.3) is 0 Å². The zero-order chi connectivity index (χ0) is 16.9. The van der Waals surface area contributed by atoms with Crippen molar-refractivity contribution in [2.75, 3.05) is 0 Å². The second kappa shape index (κ2) is 7.42. The quantitative estimate of drug-likeness (QED) is 0.544. The Morgan fingerprint density at radius 1 is 1.21 bits per heavy atom. The van der Waals surface area contributed by atoms with Crippen molar-refractivity contribution in [2.45, 2.75) is 13.5 Å². The molecule has 0 saturated carbocycles. The van der Waals surface area contributed by atoms with Crippen LogP contribution in [-0.4, -0.2) is 21.1 Å². The lowest BCUT2D eigenvalue weighted by Crippen LogP contribution is -1.96. The molecule has 0 bridgehead atoms. The molecule has 0 aliphatic carbocycles. The molecule has 0 aliphatic heterocycles. The second-order valence-electron chi connectivity index (χ2n) is 5.12. The van der Waals surface area contributed by atoms with Gasteiger partial charge in [-0.25, -0.2) is 0 Å². The number of hydrogen-bond acceptors (Lipinski definition) is 4. The first-order valence-corrected chi connectivity index (χ1v) is 8.06. The van der Waals surface area contributed by atoms with Gasteiger partial charge in [0.1, 0.15) is 18.2 Å². The molecule has 0 fully saturated rings. The van der Waals surface area contributed by atoms with Crippen LogP contribution in [0.2, 0.25) is 5.02 Å². The largest absolute Gasteiger partial charge is 0.489 e. The normalized spacial score (nSPS) is 11.1. The summed E-state index contributed by atoms with van der Waals surface area (Å²) in [6, 6.07) is 15.3. The van der Waals surface area contributed by atoms with Crippen LogP contribution in [0.5, 0.6) is 5.75 Å². The van der Waals surface area contributed by atoms with Crippen LogP contribution in [-0.2, 0) is 6.61 Å². The summed E-state index contributed by atoms with van der Waals surface area (Å²) < 4.78 is 7.79. The van der Waals surface area contributed by atoms with Crippen LogP contribution in [0.15, 0.2) is 53.6 Å². The van der Waals surface area contributed by atoms with E-state index in [4.69, 9.17) is 28.6 Å². The van der Waals surface area contributed by atoms with Gasteiger partial charge in [-0.3, -0.25) is 5.10 Å². The maximum atomic E-state index is 5.87. The third-order valence-electron chi connectivity index (χ3n) is 3.33. The van der Waals surface area contributed by atoms with Gasteiger partial charge < -0.3 is 4.74 Å². The molecule has 0 amide bonds. The zero-order valence-corrected chi connectivity index (χ0v) is 14.5. The van der Waals surface area contributed by atoms with E-state index in [1.807, 2.05) is 55.5 Å². The van der Waals surface area contributed by atoms with Crippen molar-refractivity contribution in [1.29, 1.82) is 0 Å². The van der Waals surface area contributed by atoms with Crippen LogP contribution >= 0.6 is 23.8 Å². The Morgan fingerprint density at radius 3 is 2.54 bits per heavy atom. The first-order valence-electron chi connectivity index (χ1n) is 7.27. The number of rotatable bonds is 5. The Labute approximate surface area is 149 Å². The van der Waals surface area contributed by atoms with Gasteiger partial charge >= 0.3 is 0 Å². The van der Waals surface area contributed by atoms with Crippen molar-refractivity contribution in [3.05, 3.63) is 75.3 Å². The van der Waals surface area contributed by atoms with Crippen molar-refractivity contribution >= 4 is 30.0 Å². The predicted molar refractivity (Wildman–Crippen MR) is 97.4 cm³/mol. The van der Waals surface area contributed by atoms with Gasteiger partial charge in [-0.05, 0) is 66.7 Å². The molecule has 0 unspecified atom stereocenters. The molecule has 1 aromatic heterocycles. The highest BCUT2D eigenvalue weighted by Gasteiger charge is 1.99. The summed E-state index contributed by atoms with van der Waals surface area (Å²) in [7, 11) is 0. The van der Waals surface area contributed by atoms with Crippen LogP contribution in [0.4, 0.5) is 0 Å². The van der Waals surface area contributed by atoms with Gasteiger partial charge in [-0.15, -0.1) is 0 Å². The number of nitrogens with zero attached hydrogens (tertiary/aromatic N) is 3. The van der Waals surface area contributed by atoms with E-state index in [0.717, 1.165) is 21.9 Å². The van der Waals surface area contributed by atoms with E-state index in [2.05, 4.69) is 15.3 Å². The molecular formula is C17H15ClN4OS. The fourth-order valence-electron chi connectivity index (χ4n) is 2.03. The molecule has 24 heavy (non-hydrogen) atoms. The van der Waals surface area contributed by atoms with Gasteiger partial charge in [-0.1, -0.05) is 23.7 Å². The van der Waals surface area contributed by atoms with Gasteiger partial charge in [0.15, 0.2) is 0 Å². The van der Waals surface area contributed by atoms with Crippen LogP contribution in [0.1, 0.15) is 17.0 Å². The Kier molecular flexibility index (Phi) is 5.08. The van der Waals surface area contributed by atoms with E-state index in [-0.39, 0.29) is 0 Å². The SMILES string of the molecule is Cc1n[nH]c(=S)n1/N=C\c1ccc(OCc2ccc(Cl)cc2)cc1. The van der Waals surface area contributed by atoms with E-state index in [1.165, 1.54) is 0 Å². The maximum Gasteiger partial charge on any atom is 0.216 e. The van der Waals surface area contributed by atoms with Gasteiger partial charge in [-0.2, -0.15) is 14.9 Å². The summed E-state index contributed by atoms with van der Waals surface area (Å²) in [5, 5.41) is 11.7. The summed E-state index contributed by atoms with van der Waals surface area (Å²) >= 11 is 11.0. The number of aromatic amines is 1. The van der Waals surface area contributed by atoms with Crippen LogP contribution < -0.4 is 4.74 Å². The molecule has 2 aromatic carbocycles. The van der Waals surface area contributed by atoms with E-state index in [9.17, 15) is 0 Å². The average Bonchev–Trinajstić information content (AvgIpc) is 2.92. The summed E-state index contributed by atoms with van der Waals surface area (Å²) in [6.45, 7) is 2.32. The number of ether oxygens (including phenoxy) is 1. The van der Waals surface area contributed by atoms with Gasteiger partial charge in [0, 0.05) is 5.02 Å². The number of nitrogens with one attached hydrogen (secondary N) is 1. The smallest absolute Gasteiger partial charge is 0.216 e. The van der Waals surface area contributed by atoms with Crippen molar-refractivity contribution in [1.82, 2.24) is 14.9 Å². The first-order chi connectivity index (χ1) is 11.6. The summed E-state index contributed by atoms with van der Waals surface area (Å²) in [5.41, 5.74) is 2.01. The number of hydrogen-bond donors (Lipinski definition) is 1. The molecule has 1 N–H and O–H groups in total. The van der Waals surface area contributed by atoms with Crippen molar-refractivity contribution in [2.24, 2.45) is 5.10 Å². The molecule has 122 valence electrons. The highest BCUT2D eigenvalue weighted by atomic mass is 35.5. The molecule has 0 aliphatic rings. The van der Waals surface area contributed by atoms with E-state index >= 15 is 0 Å². The Morgan fingerprint density at radius 2 is 1.92 bits per heavy atom. The molecule has 7 heteroatoms. The number of aryl methyl sites for hydroxylation is 1. The topological polar surface area (TPSA) is 55.2 Å². The first kappa shape index (κ1) is 16.4. The predicted octanol–water partition coefficient (Wildman–Crippen LogP) is 4.36. The number of H-pyrrole nitrogens is 1. The molecular weight excluding hydrogens is 344 g/mol. The van der Waals surface area contributed by atoms with Crippen LogP contribution in [0, 0.1) is 11.7 Å². The maximum absolute atomic E-state index is 5.87. The lowest BCUT2D eigenvalue weighted by molar-refractivity contribution is 0.306. The molecule has 3 aromatic rings. The monoisotopic (exact) mass is 358 g/mol. The minimum Gasteiger partial charge on any atom is -0.489 e. The molecule has 0 radical (unpaired) electrons. The lowest BCUT2D eigenvalue weighted by Gasteiger charge is -2.06. The summed E-state index contributed by atoms with van der Waals surface area (Å²) in [4.78, 5) is 0. The molecule has 5 nitrogen and oxygen atoms in total. The van der Waals surface area contributed by atoms with Gasteiger partial charge in [0.05, 0.1) is 6.21 Å². The van der Waals surface area contributed by atoms with Crippen molar-refractivity contribution < 1.29 is 4.74 Å². The summed E-state index contributed by atoms with van der Waals surface area (Å²) in [6.07, 6.45) is 1.72. The average molecular weight is 359 g/mol. The number of aromatic nitrogens is 3. The van der Waals surface area contributed by atoms with Crippen LogP contribution in [0.3, 0.4) is 0 Å². The Hall–Kier alpha value is -2.44. The third-order valence-corrected chi connectivity index (χ3v) is 3.85. The minimum atomic E-state index is 0.465. The number of halogens is 1. The fourth-order valence-corrected chi connectivity index (χ4v) is 2.38. The lowest BCUT2D eigenvalue weighted by atomic mass is 10.2. The van der Waals surface area contributed by atoms with E-state index in [0.29, 0.717) is 17.2 Å². The third kappa shape index (κ3) is 4.10. The van der Waals surface area contributed by atoms with Crippen molar-refractivity contribution in [3.63, 3.8) is 0 Å².